The maximum absolute atomic E-state index is 11.8. The van der Waals surface area contributed by atoms with Gasteiger partial charge in [0.2, 0.25) is 17.7 Å². The first kappa shape index (κ1) is 36.9. The first-order chi connectivity index (χ1) is 19.3. The van der Waals surface area contributed by atoms with Gasteiger partial charge < -0.3 is 40.4 Å². The molecule has 0 fully saturated rings. The average molecular weight is 574 g/mol. The summed E-state index contributed by atoms with van der Waals surface area (Å²) >= 11 is 0. The monoisotopic (exact) mass is 573 g/mol. The van der Waals surface area contributed by atoms with Crippen LogP contribution in [-0.2, 0) is 38.2 Å². The molecule has 3 amide bonds. The molecular weight excluding hydrogens is 526 g/mol. The Hall–Kier alpha value is -3.06. The molecule has 5 N–H and O–H groups in total. The predicted octanol–water partition coefficient (Wildman–Crippen LogP) is 1.57. The van der Waals surface area contributed by atoms with Crippen LogP contribution < -0.4 is 16.0 Å². The van der Waals surface area contributed by atoms with Crippen molar-refractivity contribution in [1.82, 2.24) is 16.0 Å². The lowest BCUT2D eigenvalue weighted by molar-refractivity contribution is -0.142. The van der Waals surface area contributed by atoms with Gasteiger partial charge in [0.15, 0.2) is 0 Å². The largest absolute Gasteiger partial charge is 0.481 e. The number of aliphatic carboxylic acids is 2. The van der Waals surface area contributed by atoms with Crippen molar-refractivity contribution in [2.45, 2.75) is 95.9 Å². The number of rotatable bonds is 28. The highest BCUT2D eigenvalue weighted by Gasteiger charge is 2.19. The van der Waals surface area contributed by atoms with E-state index in [-0.39, 0.29) is 57.1 Å². The van der Waals surface area contributed by atoms with Crippen molar-refractivity contribution in [2.75, 3.05) is 39.5 Å². The Bertz CT molecular complexity index is 748. The lowest BCUT2D eigenvalue weighted by Gasteiger charge is -2.13. The standard InChI is InChI=1S/C27H47N3O10/c31-17-9-10-22(27(37)38)30-25(34)14-13-24(33)29-16-19-40-21-20-39-18-15-28-23(32)11-7-5-3-1-2-4-6-8-12-26(35)36/h17,22H,1-16,18-21H2,(H,28,32)(H,29,33)(H,30,34)(H,35,36)(H,37,38). The number of nitrogens with one attached hydrogen (secondary N) is 3. The van der Waals surface area contributed by atoms with E-state index in [0.29, 0.717) is 39.1 Å². The Morgan fingerprint density at radius 3 is 1.60 bits per heavy atom. The van der Waals surface area contributed by atoms with Gasteiger partial charge in [-0.15, -0.1) is 0 Å². The summed E-state index contributed by atoms with van der Waals surface area (Å²) in [6.45, 7) is 1.96. The molecule has 0 bridgehead atoms. The zero-order valence-electron chi connectivity index (χ0n) is 23.5. The summed E-state index contributed by atoms with van der Waals surface area (Å²) in [4.78, 5) is 67.3. The van der Waals surface area contributed by atoms with Gasteiger partial charge in [0.05, 0.1) is 26.4 Å². The Labute approximate surface area is 236 Å². The minimum atomic E-state index is -1.23. The van der Waals surface area contributed by atoms with Gasteiger partial charge in [-0.3, -0.25) is 19.2 Å². The Kier molecular flexibility index (Phi) is 24.2. The summed E-state index contributed by atoms with van der Waals surface area (Å²) in [5.41, 5.74) is 0. The van der Waals surface area contributed by atoms with Crippen LogP contribution in [0.2, 0.25) is 0 Å². The molecule has 0 spiro atoms. The van der Waals surface area contributed by atoms with Crippen molar-refractivity contribution in [3.63, 3.8) is 0 Å². The number of amides is 3. The second kappa shape index (κ2) is 26.2. The van der Waals surface area contributed by atoms with E-state index in [1.54, 1.807) is 0 Å². The third kappa shape index (κ3) is 25.2. The molecular formula is C27H47N3O10. The lowest BCUT2D eigenvalue weighted by Crippen LogP contribution is -2.41. The van der Waals surface area contributed by atoms with Crippen molar-refractivity contribution in [1.29, 1.82) is 0 Å². The zero-order valence-corrected chi connectivity index (χ0v) is 23.5. The fourth-order valence-corrected chi connectivity index (χ4v) is 3.63. The van der Waals surface area contributed by atoms with E-state index in [1.807, 2.05) is 0 Å². The van der Waals surface area contributed by atoms with Crippen molar-refractivity contribution in [3.8, 4) is 0 Å². The molecule has 0 aliphatic rings. The second-order valence-corrected chi connectivity index (χ2v) is 9.35. The minimum Gasteiger partial charge on any atom is -0.481 e. The molecule has 0 aromatic carbocycles. The molecule has 230 valence electrons. The molecule has 40 heavy (non-hydrogen) atoms. The molecule has 13 nitrogen and oxygen atoms in total. The van der Waals surface area contributed by atoms with E-state index in [1.165, 1.54) is 0 Å². The Morgan fingerprint density at radius 2 is 1.10 bits per heavy atom. The first-order valence-corrected chi connectivity index (χ1v) is 14.1. The van der Waals surface area contributed by atoms with Crippen molar-refractivity contribution >= 4 is 35.9 Å². The molecule has 0 saturated carbocycles. The SMILES string of the molecule is O=CCCC(NC(=O)CCC(=O)NCCOCCOCCNC(=O)CCCCCCCCCCC(=O)O)C(=O)O. The van der Waals surface area contributed by atoms with E-state index in [2.05, 4.69) is 16.0 Å². The van der Waals surface area contributed by atoms with Crippen molar-refractivity contribution < 1.29 is 48.5 Å². The number of ether oxygens (including phenoxy) is 2. The molecule has 0 aromatic heterocycles. The number of aldehydes is 1. The summed E-state index contributed by atoms with van der Waals surface area (Å²) in [7, 11) is 0. The second-order valence-electron chi connectivity index (χ2n) is 9.35. The number of carbonyl (C=O) groups is 6. The average Bonchev–Trinajstić information content (AvgIpc) is 2.91. The highest BCUT2D eigenvalue weighted by molar-refractivity contribution is 5.87. The maximum atomic E-state index is 11.8. The van der Waals surface area contributed by atoms with Crippen LogP contribution in [0, 0.1) is 0 Å². The van der Waals surface area contributed by atoms with Crippen molar-refractivity contribution in [3.05, 3.63) is 0 Å². The highest BCUT2D eigenvalue weighted by atomic mass is 16.5. The van der Waals surface area contributed by atoms with Gasteiger partial charge in [-0.2, -0.15) is 0 Å². The van der Waals surface area contributed by atoms with Crippen LogP contribution in [-0.4, -0.2) is 91.7 Å². The molecule has 13 heteroatoms. The first-order valence-electron chi connectivity index (χ1n) is 14.1. The molecule has 0 saturated heterocycles. The van der Waals surface area contributed by atoms with Crippen LogP contribution in [0.25, 0.3) is 0 Å². The van der Waals surface area contributed by atoms with Crippen LogP contribution in [0.5, 0.6) is 0 Å². The fourth-order valence-electron chi connectivity index (χ4n) is 3.63. The summed E-state index contributed by atoms with van der Waals surface area (Å²) in [6, 6.07) is -1.16. The third-order valence-corrected chi connectivity index (χ3v) is 5.84. The minimum absolute atomic E-state index is 0.00125. The van der Waals surface area contributed by atoms with Gasteiger partial charge in [0.25, 0.3) is 0 Å². The molecule has 1 atom stereocenters. The van der Waals surface area contributed by atoms with Crippen LogP contribution in [0.4, 0.5) is 0 Å². The highest BCUT2D eigenvalue weighted by Crippen LogP contribution is 2.10. The summed E-state index contributed by atoms with van der Waals surface area (Å²) in [5, 5.41) is 25.3. The third-order valence-electron chi connectivity index (χ3n) is 5.84. The van der Waals surface area contributed by atoms with E-state index < -0.39 is 23.9 Å². The molecule has 0 aliphatic heterocycles. The molecule has 0 rings (SSSR count). The number of unbranched alkanes of at least 4 members (excludes halogenated alkanes) is 7. The smallest absolute Gasteiger partial charge is 0.326 e. The molecule has 0 aliphatic carbocycles. The van der Waals surface area contributed by atoms with Crippen LogP contribution in [0.15, 0.2) is 0 Å². The molecule has 0 radical (unpaired) electrons. The van der Waals surface area contributed by atoms with Crippen LogP contribution >= 0.6 is 0 Å². The van der Waals surface area contributed by atoms with Gasteiger partial charge in [0.1, 0.15) is 12.3 Å². The molecule has 0 heterocycles. The summed E-state index contributed by atoms with van der Waals surface area (Å²) in [6.07, 6.45) is 8.95. The van der Waals surface area contributed by atoms with Gasteiger partial charge in [-0.05, 0) is 19.3 Å². The zero-order chi connectivity index (χ0) is 29.8. The normalized spacial score (nSPS) is 11.4. The van der Waals surface area contributed by atoms with Gasteiger partial charge in [-0.1, -0.05) is 38.5 Å². The maximum Gasteiger partial charge on any atom is 0.326 e. The van der Waals surface area contributed by atoms with Crippen LogP contribution in [0.1, 0.15) is 89.9 Å². The fraction of sp³-hybridized carbons (Fsp3) is 0.778. The van der Waals surface area contributed by atoms with E-state index in [0.717, 1.165) is 51.4 Å². The number of carboxylic acid groups (broad SMARTS) is 2. The van der Waals surface area contributed by atoms with E-state index in [9.17, 15) is 28.8 Å². The lowest BCUT2D eigenvalue weighted by atomic mass is 10.1. The van der Waals surface area contributed by atoms with Gasteiger partial charge >= 0.3 is 11.9 Å². The van der Waals surface area contributed by atoms with E-state index >= 15 is 0 Å². The van der Waals surface area contributed by atoms with E-state index in [4.69, 9.17) is 19.7 Å². The Balaban J connectivity index is 3.49. The molecule has 0 aromatic rings. The molecule has 1 unspecified atom stereocenters. The number of carbonyl (C=O) groups excluding carboxylic acids is 4. The number of hydrogen-bond acceptors (Lipinski definition) is 8. The van der Waals surface area contributed by atoms with Crippen molar-refractivity contribution in [2.24, 2.45) is 0 Å². The topological polar surface area (TPSA) is 197 Å². The van der Waals surface area contributed by atoms with Gasteiger partial charge in [0, 0.05) is 45.2 Å². The summed E-state index contributed by atoms with van der Waals surface area (Å²) < 4.78 is 10.7. The predicted molar refractivity (Wildman–Crippen MR) is 146 cm³/mol. The van der Waals surface area contributed by atoms with Gasteiger partial charge in [-0.25, -0.2) is 4.79 Å². The quantitative estimate of drug-likeness (QED) is 0.0676. The summed E-state index contributed by atoms with van der Waals surface area (Å²) in [5.74, 6) is -2.91. The Morgan fingerprint density at radius 1 is 0.625 bits per heavy atom. The number of hydrogen-bond donors (Lipinski definition) is 5. The number of carboxylic acids is 2. The van der Waals surface area contributed by atoms with Crippen LogP contribution in [0.3, 0.4) is 0 Å².